The number of nitriles is 1. The summed E-state index contributed by atoms with van der Waals surface area (Å²) in [6.07, 6.45) is 9.56. The van der Waals surface area contributed by atoms with Gasteiger partial charge in [-0.15, -0.1) is 11.3 Å². The fourth-order valence-electron chi connectivity index (χ4n) is 5.19. The third kappa shape index (κ3) is 3.41. The molecule has 1 aliphatic heterocycles. The van der Waals surface area contributed by atoms with E-state index in [0.29, 0.717) is 18.4 Å². The third-order valence-electron chi connectivity index (χ3n) is 6.63. The first kappa shape index (κ1) is 18.4. The molecule has 0 N–H and O–H groups in total. The fourth-order valence-corrected chi connectivity index (χ4v) is 6.45. The van der Waals surface area contributed by atoms with Gasteiger partial charge < -0.3 is 9.47 Å². The summed E-state index contributed by atoms with van der Waals surface area (Å²) in [6, 6.07) is 5.09. The fraction of sp³-hybridized carbons (Fsp3) is 0.636. The molecule has 2 fully saturated rings. The van der Waals surface area contributed by atoms with Crippen molar-refractivity contribution in [1.82, 2.24) is 9.88 Å². The molecule has 3 heterocycles. The molecule has 1 saturated carbocycles. The molecule has 2 aromatic heterocycles. The highest BCUT2D eigenvalue weighted by Crippen LogP contribution is 2.47. The molecular formula is C22H27N3O2S. The van der Waals surface area contributed by atoms with Crippen LogP contribution in [0.1, 0.15) is 54.9 Å². The van der Waals surface area contributed by atoms with E-state index >= 15 is 0 Å². The first-order valence-electron chi connectivity index (χ1n) is 10.6. The summed E-state index contributed by atoms with van der Waals surface area (Å²) in [6.45, 7) is 3.89. The average molecular weight is 398 g/mol. The van der Waals surface area contributed by atoms with Gasteiger partial charge in [-0.25, -0.2) is 4.98 Å². The second-order valence-electron chi connectivity index (χ2n) is 8.22. The van der Waals surface area contributed by atoms with Crippen LogP contribution >= 0.6 is 11.3 Å². The number of hydrogen-bond donors (Lipinski definition) is 0. The maximum Gasteiger partial charge on any atom is 0.131 e. The summed E-state index contributed by atoms with van der Waals surface area (Å²) in [4.78, 5) is 9.69. The van der Waals surface area contributed by atoms with Crippen molar-refractivity contribution >= 4 is 21.6 Å². The number of ether oxygens (including phenoxy) is 2. The summed E-state index contributed by atoms with van der Waals surface area (Å²) in [5.41, 5.74) is 1.35. The second-order valence-corrected chi connectivity index (χ2v) is 9.31. The van der Waals surface area contributed by atoms with Gasteiger partial charge in [0.25, 0.3) is 0 Å². The second kappa shape index (κ2) is 7.98. The van der Waals surface area contributed by atoms with Gasteiger partial charge in [0.1, 0.15) is 10.6 Å². The lowest BCUT2D eigenvalue weighted by Gasteiger charge is -2.38. The normalized spacial score (nSPS) is 28.2. The van der Waals surface area contributed by atoms with Gasteiger partial charge in [0, 0.05) is 36.6 Å². The van der Waals surface area contributed by atoms with E-state index in [9.17, 15) is 5.26 Å². The molecule has 1 saturated heterocycles. The molecule has 2 aliphatic carbocycles. The van der Waals surface area contributed by atoms with Crippen LogP contribution in [0.25, 0.3) is 10.2 Å². The van der Waals surface area contributed by atoms with E-state index in [-0.39, 0.29) is 6.10 Å². The Morgan fingerprint density at radius 2 is 2.04 bits per heavy atom. The Morgan fingerprint density at radius 3 is 2.82 bits per heavy atom. The topological polar surface area (TPSA) is 58.4 Å². The highest BCUT2D eigenvalue weighted by molar-refractivity contribution is 7.19. The summed E-state index contributed by atoms with van der Waals surface area (Å²) < 4.78 is 12.0. The van der Waals surface area contributed by atoms with Gasteiger partial charge in [-0.3, -0.25) is 4.90 Å². The minimum Gasteiger partial charge on any atom is -0.490 e. The van der Waals surface area contributed by atoms with Crippen molar-refractivity contribution < 1.29 is 9.47 Å². The lowest BCUT2D eigenvalue weighted by atomic mass is 9.91. The minimum absolute atomic E-state index is 0.286. The van der Waals surface area contributed by atoms with Crippen molar-refractivity contribution in [3.05, 3.63) is 22.7 Å². The van der Waals surface area contributed by atoms with Crippen LogP contribution in [-0.4, -0.2) is 48.3 Å². The van der Waals surface area contributed by atoms with Crippen LogP contribution in [0.3, 0.4) is 0 Å². The first-order chi connectivity index (χ1) is 13.8. The van der Waals surface area contributed by atoms with Gasteiger partial charge in [-0.05, 0) is 56.1 Å². The Bertz CT molecular complexity index is 876. The SMILES string of the molecule is N#CC[C@H]1CCc2sc3nccc(OC4CCC(N5CCOCC5)CC4)c3c21. The predicted octanol–water partition coefficient (Wildman–Crippen LogP) is 4.26. The number of nitrogens with zero attached hydrogens (tertiary/aromatic N) is 3. The zero-order chi connectivity index (χ0) is 18.9. The maximum absolute atomic E-state index is 9.22. The van der Waals surface area contributed by atoms with Crippen LogP contribution in [0.4, 0.5) is 0 Å². The largest absolute Gasteiger partial charge is 0.490 e. The Hall–Kier alpha value is -1.68. The van der Waals surface area contributed by atoms with Gasteiger partial charge in [0.05, 0.1) is 30.8 Å². The molecule has 0 radical (unpaired) electrons. The van der Waals surface area contributed by atoms with Gasteiger partial charge in [0.15, 0.2) is 0 Å². The number of pyridine rings is 1. The van der Waals surface area contributed by atoms with Crippen LogP contribution in [-0.2, 0) is 11.2 Å². The molecule has 0 unspecified atom stereocenters. The monoisotopic (exact) mass is 397 g/mol. The molecule has 148 valence electrons. The smallest absolute Gasteiger partial charge is 0.131 e. The molecule has 0 bridgehead atoms. The van der Waals surface area contributed by atoms with Crippen molar-refractivity contribution in [1.29, 1.82) is 5.26 Å². The highest BCUT2D eigenvalue weighted by atomic mass is 32.1. The van der Waals surface area contributed by atoms with Crippen LogP contribution in [0, 0.1) is 11.3 Å². The third-order valence-corrected chi connectivity index (χ3v) is 7.81. The number of thiophene rings is 1. The Balaban J connectivity index is 1.32. The van der Waals surface area contributed by atoms with Crippen molar-refractivity contribution in [2.75, 3.05) is 26.3 Å². The minimum atomic E-state index is 0.286. The van der Waals surface area contributed by atoms with E-state index in [2.05, 4.69) is 16.0 Å². The standard InChI is InChI=1S/C22H27N3O2S/c23-9-7-15-1-6-19-20(15)21-18(8-10-24-22(21)28-19)27-17-4-2-16(3-5-17)25-11-13-26-14-12-25/h8,10,15-17H,1-7,11-14H2/t15-,16?,17?/m1/s1. The van der Waals surface area contributed by atoms with E-state index in [1.807, 2.05) is 12.3 Å². The van der Waals surface area contributed by atoms with Gasteiger partial charge >= 0.3 is 0 Å². The summed E-state index contributed by atoms with van der Waals surface area (Å²) in [5, 5.41) is 10.4. The van der Waals surface area contributed by atoms with Gasteiger partial charge in [0.2, 0.25) is 0 Å². The molecular weight excluding hydrogens is 370 g/mol. The average Bonchev–Trinajstić information content (AvgIpc) is 3.30. The van der Waals surface area contributed by atoms with Crippen molar-refractivity contribution in [3.8, 4) is 11.8 Å². The highest BCUT2D eigenvalue weighted by Gasteiger charge is 2.31. The number of aromatic nitrogens is 1. The van der Waals surface area contributed by atoms with E-state index in [1.54, 1.807) is 11.3 Å². The van der Waals surface area contributed by atoms with Gasteiger partial charge in [-0.1, -0.05) is 0 Å². The molecule has 1 atom stereocenters. The van der Waals surface area contributed by atoms with Crippen molar-refractivity contribution in [2.45, 2.75) is 63.0 Å². The zero-order valence-electron chi connectivity index (χ0n) is 16.2. The summed E-state index contributed by atoms with van der Waals surface area (Å²) in [5.74, 6) is 1.33. The van der Waals surface area contributed by atoms with Crippen molar-refractivity contribution in [3.63, 3.8) is 0 Å². The zero-order valence-corrected chi connectivity index (χ0v) is 17.0. The Labute approximate surface area is 170 Å². The summed E-state index contributed by atoms with van der Waals surface area (Å²) >= 11 is 1.79. The van der Waals surface area contributed by atoms with Crippen LogP contribution < -0.4 is 4.74 Å². The van der Waals surface area contributed by atoms with Crippen molar-refractivity contribution in [2.24, 2.45) is 0 Å². The Kier molecular flexibility index (Phi) is 5.23. The van der Waals surface area contributed by atoms with E-state index in [0.717, 1.165) is 62.6 Å². The van der Waals surface area contributed by atoms with Crippen LogP contribution in [0.2, 0.25) is 0 Å². The van der Waals surface area contributed by atoms with Crippen LogP contribution in [0.5, 0.6) is 5.75 Å². The molecule has 28 heavy (non-hydrogen) atoms. The molecule has 5 rings (SSSR count). The molecule has 5 nitrogen and oxygen atoms in total. The maximum atomic E-state index is 9.22. The number of rotatable bonds is 4. The van der Waals surface area contributed by atoms with E-state index < -0.39 is 0 Å². The molecule has 6 heteroatoms. The molecule has 2 aromatic rings. The van der Waals surface area contributed by atoms with Gasteiger partial charge in [-0.2, -0.15) is 5.26 Å². The van der Waals surface area contributed by atoms with E-state index in [4.69, 9.17) is 9.47 Å². The molecule has 0 spiro atoms. The molecule has 0 aromatic carbocycles. The number of morpholine rings is 1. The predicted molar refractivity (Wildman–Crippen MR) is 110 cm³/mol. The molecule has 0 amide bonds. The lowest BCUT2D eigenvalue weighted by Crippen LogP contribution is -2.46. The lowest BCUT2D eigenvalue weighted by molar-refractivity contribution is -0.000919. The number of hydrogen-bond acceptors (Lipinski definition) is 6. The first-order valence-corrected chi connectivity index (χ1v) is 11.4. The Morgan fingerprint density at radius 1 is 1.21 bits per heavy atom. The number of fused-ring (bicyclic) bond motifs is 3. The quantitative estimate of drug-likeness (QED) is 0.771. The summed E-state index contributed by atoms with van der Waals surface area (Å²) in [7, 11) is 0. The van der Waals surface area contributed by atoms with Crippen LogP contribution in [0.15, 0.2) is 12.3 Å². The molecule has 3 aliphatic rings. The van der Waals surface area contributed by atoms with E-state index in [1.165, 1.54) is 28.7 Å². The number of aryl methyl sites for hydroxylation is 1.